The maximum atomic E-state index is 13.0. The highest BCUT2D eigenvalue weighted by atomic mass is 19.1. The van der Waals surface area contributed by atoms with Crippen molar-refractivity contribution in [2.45, 2.75) is 12.6 Å². The van der Waals surface area contributed by atoms with E-state index in [0.717, 1.165) is 16.8 Å². The number of amides is 1. The second-order valence-corrected chi connectivity index (χ2v) is 7.08. The van der Waals surface area contributed by atoms with Crippen LogP contribution in [0.3, 0.4) is 0 Å². The quantitative estimate of drug-likeness (QED) is 0.689. The summed E-state index contributed by atoms with van der Waals surface area (Å²) in [4.78, 5) is 14.8. The molecule has 4 rings (SSSR count). The Labute approximate surface area is 169 Å². The van der Waals surface area contributed by atoms with E-state index in [4.69, 9.17) is 4.74 Å². The van der Waals surface area contributed by atoms with Crippen molar-refractivity contribution in [2.24, 2.45) is 0 Å². The minimum atomic E-state index is -0.241. The van der Waals surface area contributed by atoms with Gasteiger partial charge in [0.25, 0.3) is 5.91 Å². The van der Waals surface area contributed by atoms with E-state index in [-0.39, 0.29) is 17.8 Å². The molecule has 0 radical (unpaired) electrons. The van der Waals surface area contributed by atoms with E-state index in [1.165, 1.54) is 12.1 Å². The van der Waals surface area contributed by atoms with Crippen LogP contribution in [0.1, 0.15) is 27.6 Å². The molecule has 3 aromatic rings. The van der Waals surface area contributed by atoms with Gasteiger partial charge < -0.3 is 15.0 Å². The first-order chi connectivity index (χ1) is 14.2. The van der Waals surface area contributed by atoms with Gasteiger partial charge in [-0.15, -0.1) is 0 Å². The van der Waals surface area contributed by atoms with Gasteiger partial charge in [-0.3, -0.25) is 4.79 Å². The maximum absolute atomic E-state index is 13.0. The number of carbonyl (C=O) groups is 1. The second-order valence-electron chi connectivity index (χ2n) is 7.08. The zero-order chi connectivity index (χ0) is 20.1. The van der Waals surface area contributed by atoms with Gasteiger partial charge in [-0.05, 0) is 47.5 Å². The van der Waals surface area contributed by atoms with Crippen LogP contribution in [0.4, 0.5) is 10.1 Å². The molecule has 0 aliphatic carbocycles. The Bertz CT molecular complexity index is 943. The van der Waals surface area contributed by atoms with Gasteiger partial charge in [0.05, 0.1) is 13.2 Å². The fourth-order valence-corrected chi connectivity index (χ4v) is 3.42. The van der Waals surface area contributed by atoms with Gasteiger partial charge in [-0.1, -0.05) is 42.5 Å². The predicted molar refractivity (Wildman–Crippen MR) is 111 cm³/mol. The average molecular weight is 390 g/mol. The van der Waals surface area contributed by atoms with Crippen LogP contribution in [0, 0.1) is 5.82 Å². The lowest BCUT2D eigenvalue weighted by molar-refractivity contribution is -0.0228. The van der Waals surface area contributed by atoms with Gasteiger partial charge >= 0.3 is 0 Å². The largest absolute Gasteiger partial charge is 0.381 e. The first-order valence-electron chi connectivity index (χ1n) is 9.73. The molecule has 148 valence electrons. The molecule has 3 aromatic carbocycles. The molecule has 0 aromatic heterocycles. The fourth-order valence-electron chi connectivity index (χ4n) is 3.42. The highest BCUT2D eigenvalue weighted by Gasteiger charge is 2.26. The molecule has 1 N–H and O–H groups in total. The smallest absolute Gasteiger partial charge is 0.254 e. The van der Waals surface area contributed by atoms with Crippen molar-refractivity contribution >= 4 is 11.6 Å². The number of hydrogen-bond donors (Lipinski definition) is 1. The van der Waals surface area contributed by atoms with E-state index in [2.05, 4.69) is 5.32 Å². The standard InChI is InChI=1S/C24H23FN2O2/c25-21-10-6-18(7-11-21)16-26-22-12-8-20(9-13-22)24(28)27-14-15-29-23(17-27)19-4-2-1-3-5-19/h1-13,23,26H,14-17H2. The summed E-state index contributed by atoms with van der Waals surface area (Å²) < 4.78 is 18.8. The normalized spacial score (nSPS) is 16.4. The van der Waals surface area contributed by atoms with E-state index in [1.807, 2.05) is 59.5 Å². The predicted octanol–water partition coefficient (Wildman–Crippen LogP) is 4.65. The first kappa shape index (κ1) is 19.2. The van der Waals surface area contributed by atoms with Crippen LogP contribution in [-0.2, 0) is 11.3 Å². The number of ether oxygens (including phenoxy) is 1. The van der Waals surface area contributed by atoms with Gasteiger partial charge in [0.15, 0.2) is 0 Å². The average Bonchev–Trinajstić information content (AvgIpc) is 2.79. The van der Waals surface area contributed by atoms with E-state index < -0.39 is 0 Å². The van der Waals surface area contributed by atoms with Crippen LogP contribution >= 0.6 is 0 Å². The molecule has 1 aliphatic rings. The van der Waals surface area contributed by atoms with Crippen molar-refractivity contribution in [2.75, 3.05) is 25.0 Å². The van der Waals surface area contributed by atoms with Crippen molar-refractivity contribution in [3.05, 3.63) is 101 Å². The van der Waals surface area contributed by atoms with Crippen molar-refractivity contribution in [1.29, 1.82) is 0 Å². The SMILES string of the molecule is O=C(c1ccc(NCc2ccc(F)cc2)cc1)N1CCOC(c2ccccc2)C1. The third-order valence-electron chi connectivity index (χ3n) is 5.07. The zero-order valence-corrected chi connectivity index (χ0v) is 16.1. The summed E-state index contributed by atoms with van der Waals surface area (Å²) in [5, 5.41) is 3.29. The third kappa shape index (κ3) is 4.81. The Morgan fingerprint density at radius 3 is 2.45 bits per heavy atom. The number of anilines is 1. The van der Waals surface area contributed by atoms with Crippen LogP contribution in [0.2, 0.25) is 0 Å². The van der Waals surface area contributed by atoms with E-state index in [0.29, 0.717) is 31.8 Å². The van der Waals surface area contributed by atoms with Crippen molar-refractivity contribution < 1.29 is 13.9 Å². The third-order valence-corrected chi connectivity index (χ3v) is 5.07. The monoisotopic (exact) mass is 390 g/mol. The van der Waals surface area contributed by atoms with Crippen LogP contribution in [-0.4, -0.2) is 30.5 Å². The van der Waals surface area contributed by atoms with Gasteiger partial charge in [0, 0.05) is 24.3 Å². The summed E-state index contributed by atoms with van der Waals surface area (Å²) in [7, 11) is 0. The summed E-state index contributed by atoms with van der Waals surface area (Å²) in [6.45, 7) is 2.26. The highest BCUT2D eigenvalue weighted by Crippen LogP contribution is 2.23. The van der Waals surface area contributed by atoms with Crippen molar-refractivity contribution in [1.82, 2.24) is 4.90 Å². The Morgan fingerprint density at radius 1 is 1.00 bits per heavy atom. The summed E-state index contributed by atoms with van der Waals surface area (Å²) in [5.41, 5.74) is 3.65. The molecule has 1 saturated heterocycles. The molecular weight excluding hydrogens is 367 g/mol. The molecule has 5 heteroatoms. The lowest BCUT2D eigenvalue weighted by Crippen LogP contribution is -2.42. The molecule has 1 heterocycles. The molecule has 29 heavy (non-hydrogen) atoms. The fraction of sp³-hybridized carbons (Fsp3) is 0.208. The van der Waals surface area contributed by atoms with Crippen LogP contribution < -0.4 is 5.32 Å². The lowest BCUT2D eigenvalue weighted by Gasteiger charge is -2.33. The summed E-state index contributed by atoms with van der Waals surface area (Å²) in [6, 6.07) is 23.9. The molecule has 1 atom stereocenters. The minimum absolute atomic E-state index is 0.0133. The van der Waals surface area contributed by atoms with Crippen LogP contribution in [0.5, 0.6) is 0 Å². The van der Waals surface area contributed by atoms with Gasteiger partial charge in [-0.2, -0.15) is 0 Å². The van der Waals surface area contributed by atoms with E-state index >= 15 is 0 Å². The van der Waals surface area contributed by atoms with Crippen LogP contribution in [0.25, 0.3) is 0 Å². The number of nitrogens with zero attached hydrogens (tertiary/aromatic N) is 1. The summed E-state index contributed by atoms with van der Waals surface area (Å²) >= 11 is 0. The maximum Gasteiger partial charge on any atom is 0.254 e. The number of benzene rings is 3. The second kappa shape index (κ2) is 8.88. The topological polar surface area (TPSA) is 41.6 Å². The summed E-state index contributed by atoms with van der Waals surface area (Å²) in [6.07, 6.45) is -0.0921. The molecule has 4 nitrogen and oxygen atoms in total. The Hall–Kier alpha value is -3.18. The number of rotatable bonds is 5. The van der Waals surface area contributed by atoms with Gasteiger partial charge in [0.1, 0.15) is 11.9 Å². The lowest BCUT2D eigenvalue weighted by atomic mass is 10.1. The Kier molecular flexibility index (Phi) is 5.86. The van der Waals surface area contributed by atoms with Gasteiger partial charge in [-0.25, -0.2) is 4.39 Å². The number of carbonyl (C=O) groups excluding carboxylic acids is 1. The number of halogens is 1. The van der Waals surface area contributed by atoms with Crippen molar-refractivity contribution in [3.8, 4) is 0 Å². The molecule has 1 aliphatic heterocycles. The van der Waals surface area contributed by atoms with Gasteiger partial charge in [0.2, 0.25) is 0 Å². The molecule has 0 saturated carbocycles. The zero-order valence-electron chi connectivity index (χ0n) is 16.1. The molecule has 1 unspecified atom stereocenters. The number of nitrogens with one attached hydrogen (secondary N) is 1. The highest BCUT2D eigenvalue weighted by molar-refractivity contribution is 5.94. The van der Waals surface area contributed by atoms with Crippen molar-refractivity contribution in [3.63, 3.8) is 0 Å². The Morgan fingerprint density at radius 2 is 1.72 bits per heavy atom. The molecule has 0 spiro atoms. The number of morpholine rings is 1. The van der Waals surface area contributed by atoms with E-state index in [9.17, 15) is 9.18 Å². The number of hydrogen-bond acceptors (Lipinski definition) is 3. The first-order valence-corrected chi connectivity index (χ1v) is 9.73. The molecule has 1 amide bonds. The summed E-state index contributed by atoms with van der Waals surface area (Å²) in [5.74, 6) is -0.228. The molecular formula is C24H23FN2O2. The molecule has 0 bridgehead atoms. The van der Waals surface area contributed by atoms with E-state index in [1.54, 1.807) is 12.1 Å². The minimum Gasteiger partial charge on any atom is -0.381 e. The molecule has 1 fully saturated rings. The Balaban J connectivity index is 1.36. The van der Waals surface area contributed by atoms with Crippen LogP contribution in [0.15, 0.2) is 78.9 Å².